The number of primary amides is 1. The van der Waals surface area contributed by atoms with E-state index in [-0.39, 0.29) is 12.1 Å². The Hall–Kier alpha value is -3.68. The van der Waals surface area contributed by atoms with Crippen LogP contribution in [-0.4, -0.2) is 38.2 Å². The highest BCUT2D eigenvalue weighted by atomic mass is 16.2. The van der Waals surface area contributed by atoms with Gasteiger partial charge in [-0.1, -0.05) is 30.3 Å². The summed E-state index contributed by atoms with van der Waals surface area (Å²) in [4.78, 5) is 43.0. The molecule has 4 N–H and O–H groups in total. The maximum atomic E-state index is 12.7. The number of hydrogen-bond donors (Lipinski definition) is 3. The Morgan fingerprint density at radius 1 is 1.19 bits per heavy atom. The lowest BCUT2D eigenvalue weighted by atomic mass is 10.0. The first-order valence-corrected chi connectivity index (χ1v) is 7.90. The molecule has 0 aliphatic heterocycles. The van der Waals surface area contributed by atoms with Crippen molar-refractivity contribution in [2.45, 2.75) is 12.5 Å². The number of Topliss-reactive ketones (excluding diaryl/α,β-unsaturated/α-hetero) is 1. The molecule has 8 heteroatoms. The first kappa shape index (κ1) is 17.2. The number of aromatic amines is 1. The van der Waals surface area contributed by atoms with Gasteiger partial charge in [-0.15, -0.1) is 0 Å². The van der Waals surface area contributed by atoms with Gasteiger partial charge in [0.2, 0.25) is 5.78 Å². The second-order valence-electron chi connectivity index (χ2n) is 5.66. The normalized spacial score (nSPS) is 11.7. The lowest BCUT2D eigenvalue weighted by Gasteiger charge is -2.16. The van der Waals surface area contributed by atoms with Gasteiger partial charge in [0.25, 0.3) is 11.8 Å². The predicted octanol–water partition coefficient (Wildman–Crippen LogP) is 0.596. The largest absolute Gasteiger partial charge is 0.366 e. The number of benzene rings is 1. The van der Waals surface area contributed by atoms with Crippen LogP contribution in [0.15, 0.2) is 61.3 Å². The van der Waals surface area contributed by atoms with Gasteiger partial charge in [0.15, 0.2) is 0 Å². The number of nitrogens with one attached hydrogen (secondary N) is 2. The van der Waals surface area contributed by atoms with Gasteiger partial charge in [-0.3, -0.25) is 19.0 Å². The van der Waals surface area contributed by atoms with Crippen LogP contribution in [0.25, 0.3) is 5.69 Å². The number of carbonyl (C=O) groups excluding carboxylic acids is 3. The van der Waals surface area contributed by atoms with Gasteiger partial charge in [0, 0.05) is 18.8 Å². The van der Waals surface area contributed by atoms with E-state index in [1.165, 1.54) is 12.5 Å². The minimum Gasteiger partial charge on any atom is -0.366 e. The zero-order valence-electron chi connectivity index (χ0n) is 13.8. The third-order valence-corrected chi connectivity index (χ3v) is 3.88. The summed E-state index contributed by atoms with van der Waals surface area (Å²) in [6.45, 7) is 0. The fourth-order valence-electron chi connectivity index (χ4n) is 2.60. The highest BCUT2D eigenvalue weighted by Gasteiger charge is 2.27. The van der Waals surface area contributed by atoms with Crippen molar-refractivity contribution in [1.82, 2.24) is 19.9 Å². The van der Waals surface area contributed by atoms with E-state index in [1.54, 1.807) is 35.2 Å². The van der Waals surface area contributed by atoms with Crippen LogP contribution in [0.1, 0.15) is 16.1 Å². The van der Waals surface area contributed by atoms with Crippen molar-refractivity contribution in [3.63, 3.8) is 0 Å². The number of H-pyrrole nitrogens is 1. The molecule has 0 saturated carbocycles. The molecule has 0 radical (unpaired) electrons. The van der Waals surface area contributed by atoms with Gasteiger partial charge in [-0.05, 0) is 11.6 Å². The monoisotopic (exact) mass is 351 g/mol. The molecule has 0 aliphatic rings. The summed E-state index contributed by atoms with van der Waals surface area (Å²) >= 11 is 0. The van der Waals surface area contributed by atoms with Crippen LogP contribution in [0.3, 0.4) is 0 Å². The average molecular weight is 351 g/mol. The van der Waals surface area contributed by atoms with E-state index >= 15 is 0 Å². The molecule has 1 unspecified atom stereocenters. The van der Waals surface area contributed by atoms with Crippen LogP contribution < -0.4 is 11.1 Å². The Bertz CT molecular complexity index is 915. The van der Waals surface area contributed by atoms with Crippen LogP contribution in [-0.2, 0) is 16.0 Å². The van der Waals surface area contributed by atoms with Crippen molar-refractivity contribution in [1.29, 1.82) is 0 Å². The molecule has 1 atom stereocenters. The molecule has 26 heavy (non-hydrogen) atoms. The van der Waals surface area contributed by atoms with E-state index in [1.807, 2.05) is 18.2 Å². The van der Waals surface area contributed by atoms with E-state index < -0.39 is 23.6 Å². The van der Waals surface area contributed by atoms with Gasteiger partial charge >= 0.3 is 0 Å². The predicted molar refractivity (Wildman–Crippen MR) is 93.5 cm³/mol. The Kier molecular flexibility index (Phi) is 4.93. The molecule has 0 fully saturated rings. The third-order valence-electron chi connectivity index (χ3n) is 3.88. The zero-order chi connectivity index (χ0) is 18.5. The van der Waals surface area contributed by atoms with Gasteiger partial charge in [0.1, 0.15) is 11.7 Å². The molecule has 8 nitrogen and oxygen atoms in total. The summed E-state index contributed by atoms with van der Waals surface area (Å²) in [6.07, 6.45) is 6.45. The molecular formula is C18H17N5O3. The molecule has 2 heterocycles. The second-order valence-corrected chi connectivity index (χ2v) is 5.66. The van der Waals surface area contributed by atoms with Gasteiger partial charge < -0.3 is 16.0 Å². The molecule has 132 valence electrons. The Balaban J connectivity index is 1.83. The highest BCUT2D eigenvalue weighted by molar-refractivity contribution is 6.38. The molecule has 0 bridgehead atoms. The quantitative estimate of drug-likeness (QED) is 0.539. The fraction of sp³-hybridized carbons (Fsp3) is 0.111. The SMILES string of the molecule is NC(=O)C(=O)C(Cc1ccccc1)NC(=O)c1cncn1-c1cc[nH]c1. The molecule has 0 aliphatic carbocycles. The first-order valence-electron chi connectivity index (χ1n) is 7.90. The van der Waals surface area contributed by atoms with E-state index in [4.69, 9.17) is 5.73 Å². The van der Waals surface area contributed by atoms with Crippen molar-refractivity contribution in [3.8, 4) is 5.69 Å². The van der Waals surface area contributed by atoms with Crippen LogP contribution in [0.2, 0.25) is 0 Å². The zero-order valence-corrected chi connectivity index (χ0v) is 13.8. The lowest BCUT2D eigenvalue weighted by molar-refractivity contribution is -0.137. The van der Waals surface area contributed by atoms with Crippen molar-refractivity contribution < 1.29 is 14.4 Å². The van der Waals surface area contributed by atoms with E-state index in [0.29, 0.717) is 5.69 Å². The van der Waals surface area contributed by atoms with E-state index in [9.17, 15) is 14.4 Å². The summed E-state index contributed by atoms with van der Waals surface area (Å²) in [5, 5.41) is 2.59. The van der Waals surface area contributed by atoms with Crippen molar-refractivity contribution >= 4 is 17.6 Å². The first-order chi connectivity index (χ1) is 12.6. The van der Waals surface area contributed by atoms with Gasteiger partial charge in [-0.2, -0.15) is 0 Å². The van der Waals surface area contributed by atoms with Crippen LogP contribution >= 0.6 is 0 Å². The number of rotatable bonds is 7. The smallest absolute Gasteiger partial charge is 0.287 e. The summed E-state index contributed by atoms with van der Waals surface area (Å²) in [5.41, 5.74) is 6.88. The van der Waals surface area contributed by atoms with Gasteiger partial charge in [0.05, 0.1) is 18.2 Å². The maximum absolute atomic E-state index is 12.7. The van der Waals surface area contributed by atoms with Crippen LogP contribution in [0.5, 0.6) is 0 Å². The van der Waals surface area contributed by atoms with Crippen molar-refractivity contribution in [2.24, 2.45) is 5.73 Å². The molecule has 0 saturated heterocycles. The molecule has 1 aromatic carbocycles. The minimum absolute atomic E-state index is 0.159. The standard InChI is InChI=1S/C18H17N5O3/c19-17(25)16(24)14(8-12-4-2-1-3-5-12)22-18(26)15-10-21-11-23(15)13-6-7-20-9-13/h1-7,9-11,14,20H,8H2,(H2,19,25)(H,22,26). The highest BCUT2D eigenvalue weighted by Crippen LogP contribution is 2.11. The van der Waals surface area contributed by atoms with Crippen LogP contribution in [0.4, 0.5) is 0 Å². The van der Waals surface area contributed by atoms with Crippen molar-refractivity contribution in [2.75, 3.05) is 0 Å². The summed E-state index contributed by atoms with van der Waals surface area (Å²) < 4.78 is 1.57. The van der Waals surface area contributed by atoms with Gasteiger partial charge in [-0.25, -0.2) is 4.98 Å². The molecular weight excluding hydrogens is 334 g/mol. The number of carbonyl (C=O) groups is 3. The lowest BCUT2D eigenvalue weighted by Crippen LogP contribution is -2.47. The minimum atomic E-state index is -1.09. The Morgan fingerprint density at radius 3 is 2.62 bits per heavy atom. The number of ketones is 1. The molecule has 2 amide bonds. The Labute approximate surface area is 149 Å². The number of hydrogen-bond acceptors (Lipinski definition) is 4. The topological polar surface area (TPSA) is 123 Å². The molecule has 3 rings (SSSR count). The van der Waals surface area contributed by atoms with E-state index in [2.05, 4.69) is 15.3 Å². The van der Waals surface area contributed by atoms with Crippen molar-refractivity contribution in [3.05, 3.63) is 72.6 Å². The number of nitrogens with zero attached hydrogens (tertiary/aromatic N) is 2. The summed E-state index contributed by atoms with van der Waals surface area (Å²) in [6, 6.07) is 9.77. The number of aromatic nitrogens is 3. The fourth-order valence-corrected chi connectivity index (χ4v) is 2.60. The third kappa shape index (κ3) is 3.69. The van der Waals surface area contributed by atoms with Crippen LogP contribution in [0, 0.1) is 0 Å². The summed E-state index contributed by atoms with van der Waals surface area (Å²) in [5.74, 6) is -2.47. The maximum Gasteiger partial charge on any atom is 0.287 e. The Morgan fingerprint density at radius 2 is 1.96 bits per heavy atom. The molecule has 3 aromatic rings. The molecule has 2 aromatic heterocycles. The number of amides is 2. The number of nitrogens with two attached hydrogens (primary N) is 1. The molecule has 0 spiro atoms. The summed E-state index contributed by atoms with van der Waals surface area (Å²) in [7, 11) is 0. The van der Waals surface area contributed by atoms with E-state index in [0.717, 1.165) is 5.56 Å². The number of imidazole rings is 1. The average Bonchev–Trinajstić information content (AvgIpc) is 3.32. The second kappa shape index (κ2) is 7.47.